The van der Waals surface area contributed by atoms with Crippen LogP contribution in [0.25, 0.3) is 0 Å². The van der Waals surface area contributed by atoms with Crippen molar-refractivity contribution in [2.45, 2.75) is 44.7 Å². The minimum absolute atomic E-state index is 0.760. The van der Waals surface area contributed by atoms with Crippen molar-refractivity contribution in [2.75, 3.05) is 18.0 Å². The average Bonchev–Trinajstić information content (AvgIpc) is 3.22. The van der Waals surface area contributed by atoms with Gasteiger partial charge < -0.3 is 10.2 Å². The normalized spacial score (nSPS) is 20.6. The summed E-state index contributed by atoms with van der Waals surface area (Å²) >= 11 is 0. The summed E-state index contributed by atoms with van der Waals surface area (Å²) in [6.45, 7) is 3.27. The number of aromatic nitrogens is 1. The van der Waals surface area contributed by atoms with Crippen LogP contribution in [0, 0.1) is 0 Å². The molecule has 1 aliphatic carbocycles. The van der Waals surface area contributed by atoms with Crippen molar-refractivity contribution in [3.8, 4) is 0 Å². The van der Waals surface area contributed by atoms with Crippen LogP contribution in [0.5, 0.6) is 0 Å². The summed E-state index contributed by atoms with van der Waals surface area (Å²) in [6, 6.07) is 7.17. The van der Waals surface area contributed by atoms with Gasteiger partial charge in [0.05, 0.1) is 5.69 Å². The van der Waals surface area contributed by atoms with E-state index in [1.165, 1.54) is 56.7 Å². The molecule has 3 heteroatoms. The van der Waals surface area contributed by atoms with Crippen LogP contribution in [-0.2, 0) is 6.54 Å². The number of hydrogen-bond donors (Lipinski definition) is 1. The summed E-state index contributed by atoms with van der Waals surface area (Å²) in [5.74, 6) is 1.17. The van der Waals surface area contributed by atoms with E-state index in [0.29, 0.717) is 0 Å². The maximum atomic E-state index is 4.76. The fourth-order valence-electron chi connectivity index (χ4n) is 2.40. The average molecular weight is 231 g/mol. The van der Waals surface area contributed by atoms with Crippen molar-refractivity contribution in [3.63, 3.8) is 0 Å². The predicted molar refractivity (Wildman–Crippen MR) is 70.2 cm³/mol. The molecule has 0 spiro atoms. The number of rotatable bonds is 4. The molecule has 1 saturated heterocycles. The minimum Gasteiger partial charge on any atom is -0.357 e. The van der Waals surface area contributed by atoms with Gasteiger partial charge in [-0.3, -0.25) is 0 Å². The molecule has 3 rings (SSSR count). The summed E-state index contributed by atoms with van der Waals surface area (Å²) in [6.07, 6.45) is 6.68. The van der Waals surface area contributed by atoms with Crippen molar-refractivity contribution >= 4 is 5.82 Å². The molecule has 0 radical (unpaired) electrons. The monoisotopic (exact) mass is 231 g/mol. The molecule has 1 saturated carbocycles. The van der Waals surface area contributed by atoms with Crippen LogP contribution in [0.15, 0.2) is 18.2 Å². The first kappa shape index (κ1) is 11.0. The highest BCUT2D eigenvalue weighted by atomic mass is 15.2. The lowest BCUT2D eigenvalue weighted by atomic mass is 10.1. The Kier molecular flexibility index (Phi) is 3.27. The zero-order valence-electron chi connectivity index (χ0n) is 10.4. The Balaban J connectivity index is 1.64. The first-order valence-corrected chi connectivity index (χ1v) is 6.86. The molecule has 1 N–H and O–H groups in total. The second-order valence-electron chi connectivity index (χ2n) is 5.19. The molecule has 92 valence electrons. The number of pyridine rings is 1. The zero-order chi connectivity index (χ0) is 11.5. The summed E-state index contributed by atoms with van der Waals surface area (Å²) in [7, 11) is 0. The van der Waals surface area contributed by atoms with E-state index in [4.69, 9.17) is 4.98 Å². The van der Waals surface area contributed by atoms with Crippen molar-refractivity contribution in [1.82, 2.24) is 10.3 Å². The van der Waals surface area contributed by atoms with Gasteiger partial charge in [0.15, 0.2) is 0 Å². The fraction of sp³-hybridized carbons (Fsp3) is 0.643. The summed E-state index contributed by atoms with van der Waals surface area (Å²) in [4.78, 5) is 7.18. The molecule has 2 fully saturated rings. The zero-order valence-corrected chi connectivity index (χ0v) is 10.4. The van der Waals surface area contributed by atoms with Crippen LogP contribution < -0.4 is 10.2 Å². The molecule has 0 bridgehead atoms. The minimum atomic E-state index is 0.760. The molecule has 1 aliphatic heterocycles. The molecular formula is C14H21N3. The van der Waals surface area contributed by atoms with Crippen LogP contribution in [0.2, 0.25) is 0 Å². The quantitative estimate of drug-likeness (QED) is 0.862. The highest BCUT2D eigenvalue weighted by Crippen LogP contribution is 2.20. The van der Waals surface area contributed by atoms with Crippen molar-refractivity contribution in [1.29, 1.82) is 0 Å². The van der Waals surface area contributed by atoms with E-state index in [-0.39, 0.29) is 0 Å². The van der Waals surface area contributed by atoms with Gasteiger partial charge in [0.25, 0.3) is 0 Å². The topological polar surface area (TPSA) is 28.2 Å². The van der Waals surface area contributed by atoms with E-state index in [1.54, 1.807) is 0 Å². The van der Waals surface area contributed by atoms with E-state index in [2.05, 4.69) is 28.4 Å². The van der Waals surface area contributed by atoms with Gasteiger partial charge in [0.1, 0.15) is 5.82 Å². The standard InChI is InChI=1S/C14H21N3/c1-2-9-17(10-3-1)14-6-4-5-13(16-14)11-15-12-7-8-12/h4-6,12,15H,1-3,7-11H2. The highest BCUT2D eigenvalue weighted by Gasteiger charge is 2.20. The Morgan fingerprint density at radius 3 is 2.76 bits per heavy atom. The number of piperidine rings is 1. The lowest BCUT2D eigenvalue weighted by Crippen LogP contribution is -2.30. The van der Waals surface area contributed by atoms with Crippen LogP contribution in [0.1, 0.15) is 37.8 Å². The van der Waals surface area contributed by atoms with E-state index in [1.807, 2.05) is 0 Å². The smallest absolute Gasteiger partial charge is 0.128 e. The molecule has 1 aromatic rings. The predicted octanol–water partition coefficient (Wildman–Crippen LogP) is 2.32. The second kappa shape index (κ2) is 5.05. The Hall–Kier alpha value is -1.09. The lowest BCUT2D eigenvalue weighted by Gasteiger charge is -2.28. The third kappa shape index (κ3) is 2.97. The largest absolute Gasteiger partial charge is 0.357 e. The third-order valence-corrected chi connectivity index (χ3v) is 3.62. The molecule has 0 aromatic carbocycles. The van der Waals surface area contributed by atoms with Gasteiger partial charge in [0.2, 0.25) is 0 Å². The molecule has 0 amide bonds. The maximum absolute atomic E-state index is 4.76. The van der Waals surface area contributed by atoms with E-state index >= 15 is 0 Å². The molecular weight excluding hydrogens is 210 g/mol. The molecule has 2 heterocycles. The first-order chi connectivity index (χ1) is 8.42. The number of nitrogens with one attached hydrogen (secondary N) is 1. The maximum Gasteiger partial charge on any atom is 0.128 e. The molecule has 3 nitrogen and oxygen atoms in total. The number of hydrogen-bond acceptors (Lipinski definition) is 3. The Bertz CT molecular complexity index is 367. The SMILES string of the molecule is c1cc(CNC2CC2)nc(N2CCCCC2)c1. The fourth-order valence-corrected chi connectivity index (χ4v) is 2.40. The molecule has 17 heavy (non-hydrogen) atoms. The Morgan fingerprint density at radius 1 is 1.18 bits per heavy atom. The Labute approximate surface area is 103 Å². The van der Waals surface area contributed by atoms with Crippen LogP contribution in [0.3, 0.4) is 0 Å². The van der Waals surface area contributed by atoms with Gasteiger partial charge in [0, 0.05) is 25.7 Å². The van der Waals surface area contributed by atoms with E-state index in [0.717, 1.165) is 12.6 Å². The van der Waals surface area contributed by atoms with Gasteiger partial charge >= 0.3 is 0 Å². The molecule has 2 aliphatic rings. The summed E-state index contributed by atoms with van der Waals surface area (Å²) < 4.78 is 0. The third-order valence-electron chi connectivity index (χ3n) is 3.62. The van der Waals surface area contributed by atoms with Gasteiger partial charge in [-0.25, -0.2) is 4.98 Å². The number of anilines is 1. The summed E-state index contributed by atoms with van der Waals surface area (Å²) in [5, 5.41) is 3.52. The van der Waals surface area contributed by atoms with Gasteiger partial charge in [-0.05, 0) is 44.2 Å². The van der Waals surface area contributed by atoms with Gasteiger partial charge in [-0.2, -0.15) is 0 Å². The van der Waals surface area contributed by atoms with Crippen LogP contribution in [-0.4, -0.2) is 24.1 Å². The van der Waals surface area contributed by atoms with Crippen LogP contribution in [0.4, 0.5) is 5.82 Å². The Morgan fingerprint density at radius 2 is 2.00 bits per heavy atom. The van der Waals surface area contributed by atoms with Crippen molar-refractivity contribution < 1.29 is 0 Å². The highest BCUT2D eigenvalue weighted by molar-refractivity contribution is 5.39. The second-order valence-corrected chi connectivity index (χ2v) is 5.19. The van der Waals surface area contributed by atoms with Gasteiger partial charge in [-0.15, -0.1) is 0 Å². The van der Waals surface area contributed by atoms with Gasteiger partial charge in [-0.1, -0.05) is 6.07 Å². The molecule has 0 atom stereocenters. The van der Waals surface area contributed by atoms with E-state index < -0.39 is 0 Å². The van der Waals surface area contributed by atoms with E-state index in [9.17, 15) is 0 Å². The van der Waals surface area contributed by atoms with Crippen molar-refractivity contribution in [3.05, 3.63) is 23.9 Å². The molecule has 0 unspecified atom stereocenters. The van der Waals surface area contributed by atoms with Crippen LogP contribution >= 0.6 is 0 Å². The lowest BCUT2D eigenvalue weighted by molar-refractivity contribution is 0.571. The number of nitrogens with zero attached hydrogens (tertiary/aromatic N) is 2. The van der Waals surface area contributed by atoms with Crippen molar-refractivity contribution in [2.24, 2.45) is 0 Å². The molecule has 1 aromatic heterocycles. The summed E-state index contributed by atoms with van der Waals surface area (Å²) in [5.41, 5.74) is 1.18. The first-order valence-electron chi connectivity index (χ1n) is 6.86.